The largest absolute Gasteiger partial charge is 0.343 e. The molecule has 0 radical (unpaired) electrons. The maximum Gasteiger partial charge on any atom is 0.343 e. The van der Waals surface area contributed by atoms with Crippen LogP contribution in [0.4, 0.5) is 5.69 Å². The Morgan fingerprint density at radius 2 is 2.11 bits per heavy atom. The number of H-pyrrole nitrogens is 1. The number of thioether (sulfide) groups is 1. The molecule has 152 valence electrons. The van der Waals surface area contributed by atoms with Gasteiger partial charge in [-0.1, -0.05) is 43.3 Å². The molecule has 1 saturated heterocycles. The first-order valence-electron chi connectivity index (χ1n) is 9.27. The van der Waals surface area contributed by atoms with Crippen molar-refractivity contribution in [2.45, 2.75) is 43.9 Å². The van der Waals surface area contributed by atoms with Crippen LogP contribution in [0.2, 0.25) is 0 Å². The number of benzene rings is 1. The number of nitrogens with zero attached hydrogens (tertiary/aromatic N) is 3. The highest BCUT2D eigenvalue weighted by molar-refractivity contribution is 7.99. The zero-order valence-electron chi connectivity index (χ0n) is 15.7. The minimum Gasteiger partial charge on any atom is -0.308 e. The molecule has 1 aromatic carbocycles. The molecule has 1 aromatic heterocycles. The number of aromatic nitrogens is 3. The first kappa shape index (κ1) is 20.7. The van der Waals surface area contributed by atoms with Crippen molar-refractivity contribution in [2.24, 2.45) is 0 Å². The van der Waals surface area contributed by atoms with Crippen molar-refractivity contribution < 1.29 is 13.2 Å². The Balaban J connectivity index is 1.77. The second-order valence-corrected chi connectivity index (χ2v) is 9.93. The molecule has 0 unspecified atom stereocenters. The number of hydrogen-bond acceptors (Lipinski definition) is 6. The molecule has 1 N–H and O–H groups in total. The number of carbonyl (C=O) groups excluding carboxylic acids is 1. The van der Waals surface area contributed by atoms with E-state index in [1.165, 1.54) is 16.3 Å². The number of unbranched alkanes of at least 4 members (excludes halogenated alkanes) is 1. The Hall–Kier alpha value is -2.07. The molecule has 0 saturated carbocycles. The van der Waals surface area contributed by atoms with Gasteiger partial charge in [0.1, 0.15) is 0 Å². The van der Waals surface area contributed by atoms with Crippen LogP contribution in [0.3, 0.4) is 0 Å². The first-order chi connectivity index (χ1) is 13.4. The lowest BCUT2D eigenvalue weighted by Crippen LogP contribution is -2.42. The summed E-state index contributed by atoms with van der Waals surface area (Å²) in [7, 11) is -3.13. The minimum absolute atomic E-state index is 0.0259. The van der Waals surface area contributed by atoms with Crippen LogP contribution in [0.1, 0.15) is 26.2 Å². The predicted molar refractivity (Wildman–Crippen MR) is 109 cm³/mol. The third-order valence-electron chi connectivity index (χ3n) is 4.66. The zero-order valence-corrected chi connectivity index (χ0v) is 17.3. The van der Waals surface area contributed by atoms with Gasteiger partial charge in [-0.3, -0.25) is 9.36 Å². The van der Waals surface area contributed by atoms with E-state index in [9.17, 15) is 18.0 Å². The van der Waals surface area contributed by atoms with E-state index in [0.29, 0.717) is 23.8 Å². The molecule has 0 bridgehead atoms. The zero-order chi connectivity index (χ0) is 20.1. The highest BCUT2D eigenvalue weighted by Gasteiger charge is 2.35. The summed E-state index contributed by atoms with van der Waals surface area (Å²) in [5.41, 5.74) is 0.394. The summed E-state index contributed by atoms with van der Waals surface area (Å²) in [6.45, 7) is 2.58. The Labute approximate surface area is 168 Å². The van der Waals surface area contributed by atoms with E-state index in [0.717, 1.165) is 12.8 Å². The molecular formula is C18H24N4O4S2. The van der Waals surface area contributed by atoms with Gasteiger partial charge in [0, 0.05) is 12.2 Å². The second kappa shape index (κ2) is 8.95. The fourth-order valence-electron chi connectivity index (χ4n) is 3.25. The van der Waals surface area contributed by atoms with Gasteiger partial charge in [-0.15, -0.1) is 5.10 Å². The number of anilines is 1. The van der Waals surface area contributed by atoms with Gasteiger partial charge in [-0.05, 0) is 25.0 Å². The van der Waals surface area contributed by atoms with E-state index in [-0.39, 0.29) is 34.9 Å². The monoisotopic (exact) mass is 424 g/mol. The van der Waals surface area contributed by atoms with Crippen molar-refractivity contribution in [2.75, 3.05) is 22.2 Å². The van der Waals surface area contributed by atoms with Gasteiger partial charge < -0.3 is 4.90 Å². The molecule has 1 atom stereocenters. The molecule has 2 aromatic rings. The topological polar surface area (TPSA) is 105 Å². The molecule has 8 nitrogen and oxygen atoms in total. The number of aromatic amines is 1. The van der Waals surface area contributed by atoms with Gasteiger partial charge >= 0.3 is 5.69 Å². The molecule has 1 aliphatic rings. The Bertz CT molecular complexity index is 969. The van der Waals surface area contributed by atoms with Crippen LogP contribution in [0.25, 0.3) is 0 Å². The molecule has 0 spiro atoms. The van der Waals surface area contributed by atoms with Crippen molar-refractivity contribution in [3.8, 4) is 0 Å². The lowest BCUT2D eigenvalue weighted by Gasteiger charge is -2.28. The van der Waals surface area contributed by atoms with Gasteiger partial charge in [0.2, 0.25) is 5.91 Å². The molecule has 1 amide bonds. The maximum atomic E-state index is 13.0. The van der Waals surface area contributed by atoms with Crippen molar-refractivity contribution in [1.82, 2.24) is 14.8 Å². The minimum atomic E-state index is -3.13. The highest BCUT2D eigenvalue weighted by atomic mass is 32.2. The van der Waals surface area contributed by atoms with Gasteiger partial charge in [0.05, 0.1) is 23.3 Å². The summed E-state index contributed by atoms with van der Waals surface area (Å²) >= 11 is 1.19. The summed E-state index contributed by atoms with van der Waals surface area (Å²) in [5, 5.41) is 6.92. The number of nitrogens with one attached hydrogen (secondary N) is 1. The molecule has 1 fully saturated rings. The third-order valence-corrected chi connectivity index (χ3v) is 7.37. The number of hydrogen-bond donors (Lipinski definition) is 1. The first-order valence-corrected chi connectivity index (χ1v) is 12.1. The van der Waals surface area contributed by atoms with Gasteiger partial charge in [-0.25, -0.2) is 18.3 Å². The summed E-state index contributed by atoms with van der Waals surface area (Å²) in [6, 6.07) is 8.73. The number of sulfone groups is 1. The van der Waals surface area contributed by atoms with Crippen LogP contribution in [-0.4, -0.2) is 52.4 Å². The van der Waals surface area contributed by atoms with Crippen LogP contribution in [-0.2, 0) is 21.2 Å². The smallest absolute Gasteiger partial charge is 0.308 e. The van der Waals surface area contributed by atoms with Crippen molar-refractivity contribution >= 4 is 33.2 Å². The van der Waals surface area contributed by atoms with E-state index in [2.05, 4.69) is 10.2 Å². The summed E-state index contributed by atoms with van der Waals surface area (Å²) in [6.07, 6.45) is 2.22. The lowest BCUT2D eigenvalue weighted by atomic mass is 10.2. The quantitative estimate of drug-likeness (QED) is 0.647. The van der Waals surface area contributed by atoms with Gasteiger partial charge in [-0.2, -0.15) is 0 Å². The maximum absolute atomic E-state index is 13.0. The number of carbonyl (C=O) groups is 1. The van der Waals surface area contributed by atoms with E-state index in [1.807, 2.05) is 25.1 Å². The van der Waals surface area contributed by atoms with Crippen LogP contribution < -0.4 is 10.6 Å². The van der Waals surface area contributed by atoms with Crippen LogP contribution in [0.5, 0.6) is 0 Å². The van der Waals surface area contributed by atoms with E-state index >= 15 is 0 Å². The predicted octanol–water partition coefficient (Wildman–Crippen LogP) is 1.68. The average Bonchev–Trinajstić information content (AvgIpc) is 3.21. The Morgan fingerprint density at radius 3 is 2.75 bits per heavy atom. The Morgan fingerprint density at radius 1 is 1.36 bits per heavy atom. The number of para-hydroxylation sites is 1. The van der Waals surface area contributed by atoms with Gasteiger partial charge in [0.15, 0.2) is 15.0 Å². The van der Waals surface area contributed by atoms with E-state index in [4.69, 9.17) is 0 Å². The number of amides is 1. The lowest BCUT2D eigenvalue weighted by molar-refractivity contribution is -0.116. The van der Waals surface area contributed by atoms with Crippen LogP contribution >= 0.6 is 11.8 Å². The summed E-state index contributed by atoms with van der Waals surface area (Å²) in [4.78, 5) is 26.5. The van der Waals surface area contributed by atoms with Crippen molar-refractivity contribution in [3.05, 3.63) is 40.8 Å². The summed E-state index contributed by atoms with van der Waals surface area (Å²) < 4.78 is 25.4. The molecular weight excluding hydrogens is 400 g/mol. The van der Waals surface area contributed by atoms with Crippen molar-refractivity contribution in [3.63, 3.8) is 0 Å². The molecule has 0 aliphatic carbocycles. The summed E-state index contributed by atoms with van der Waals surface area (Å²) in [5.74, 6) is -0.0583. The van der Waals surface area contributed by atoms with Crippen molar-refractivity contribution in [1.29, 1.82) is 0 Å². The van der Waals surface area contributed by atoms with Gasteiger partial charge in [0.25, 0.3) is 0 Å². The normalized spacial score (nSPS) is 18.2. The molecule has 3 rings (SSSR count). The number of rotatable bonds is 8. The standard InChI is InChI=1S/C18H24N4O4S2/c1-2-3-10-21-17(24)19-20-18(21)27-12-16(23)22(14-7-5-4-6-8-14)15-9-11-28(25,26)13-15/h4-8,15H,2-3,9-13H2,1H3,(H,19,24)/t15-/m1/s1. The van der Waals surface area contributed by atoms with E-state index in [1.54, 1.807) is 17.0 Å². The molecule has 10 heteroatoms. The average molecular weight is 425 g/mol. The highest BCUT2D eigenvalue weighted by Crippen LogP contribution is 2.26. The molecule has 2 heterocycles. The van der Waals surface area contributed by atoms with Crippen LogP contribution in [0.15, 0.2) is 40.3 Å². The second-order valence-electron chi connectivity index (χ2n) is 6.76. The fourth-order valence-corrected chi connectivity index (χ4v) is 5.78. The fraction of sp³-hybridized carbons (Fsp3) is 0.500. The Kier molecular flexibility index (Phi) is 6.61. The third kappa shape index (κ3) is 4.85. The van der Waals surface area contributed by atoms with Crippen LogP contribution in [0, 0.1) is 0 Å². The van der Waals surface area contributed by atoms with E-state index < -0.39 is 9.84 Å². The molecule has 1 aliphatic heterocycles. The SMILES string of the molecule is CCCCn1c(SCC(=O)N(c2ccccc2)[C@@H]2CCS(=O)(=O)C2)n[nH]c1=O. The molecule has 28 heavy (non-hydrogen) atoms.